The zero-order valence-corrected chi connectivity index (χ0v) is 7.34. The summed E-state index contributed by atoms with van der Waals surface area (Å²) in [5, 5.41) is 3.27. The van der Waals surface area contributed by atoms with E-state index in [1.165, 1.54) is 11.1 Å². The number of rotatable bonds is 1. The van der Waals surface area contributed by atoms with Gasteiger partial charge in [-0.15, -0.1) is 0 Å². The van der Waals surface area contributed by atoms with Gasteiger partial charge in [-0.1, -0.05) is 6.07 Å². The van der Waals surface area contributed by atoms with Crippen molar-refractivity contribution in [2.24, 2.45) is 5.73 Å². The van der Waals surface area contributed by atoms with E-state index in [2.05, 4.69) is 5.32 Å². The number of carbonyl (C=O) groups is 1. The smallest absolute Gasteiger partial charge is 0.248 e. The van der Waals surface area contributed by atoms with Crippen molar-refractivity contribution in [3.63, 3.8) is 0 Å². The Morgan fingerprint density at radius 1 is 1.38 bits per heavy atom. The van der Waals surface area contributed by atoms with E-state index in [1.807, 2.05) is 12.1 Å². The SMILES string of the molecule is NC(=O)c1ccc2c(c1)CCNC2. The van der Waals surface area contributed by atoms with E-state index in [9.17, 15) is 4.79 Å². The fourth-order valence-corrected chi connectivity index (χ4v) is 1.63. The number of fused-ring (bicyclic) bond motifs is 1. The highest BCUT2D eigenvalue weighted by molar-refractivity contribution is 5.93. The van der Waals surface area contributed by atoms with Crippen molar-refractivity contribution in [3.05, 3.63) is 34.9 Å². The Kier molecular flexibility index (Phi) is 2.02. The summed E-state index contributed by atoms with van der Waals surface area (Å²) in [6, 6.07) is 5.66. The Balaban J connectivity index is 2.40. The molecular weight excluding hydrogens is 164 g/mol. The van der Waals surface area contributed by atoms with E-state index in [-0.39, 0.29) is 5.91 Å². The van der Waals surface area contributed by atoms with Crippen LogP contribution in [0.2, 0.25) is 0 Å². The highest BCUT2D eigenvalue weighted by Gasteiger charge is 2.10. The Labute approximate surface area is 76.9 Å². The molecule has 0 spiro atoms. The van der Waals surface area contributed by atoms with E-state index in [0.29, 0.717) is 5.56 Å². The molecule has 68 valence electrons. The van der Waals surface area contributed by atoms with E-state index in [1.54, 1.807) is 6.07 Å². The molecule has 1 aliphatic heterocycles. The largest absolute Gasteiger partial charge is 0.366 e. The van der Waals surface area contributed by atoms with Crippen molar-refractivity contribution in [1.82, 2.24) is 5.32 Å². The van der Waals surface area contributed by atoms with Crippen LogP contribution in [0.5, 0.6) is 0 Å². The fourth-order valence-electron chi connectivity index (χ4n) is 1.63. The summed E-state index contributed by atoms with van der Waals surface area (Å²) in [6.07, 6.45) is 0.983. The van der Waals surface area contributed by atoms with Crippen LogP contribution in [0.4, 0.5) is 0 Å². The predicted octanol–water partition coefficient (Wildman–Crippen LogP) is 0.431. The Bertz CT molecular complexity index is 347. The molecule has 2 rings (SSSR count). The molecule has 0 radical (unpaired) electrons. The number of amides is 1. The monoisotopic (exact) mass is 176 g/mol. The lowest BCUT2D eigenvalue weighted by molar-refractivity contribution is 0.1000. The zero-order valence-electron chi connectivity index (χ0n) is 7.34. The maximum absolute atomic E-state index is 10.9. The molecule has 3 heteroatoms. The lowest BCUT2D eigenvalue weighted by atomic mass is 9.98. The van der Waals surface area contributed by atoms with Crippen molar-refractivity contribution in [1.29, 1.82) is 0 Å². The quantitative estimate of drug-likeness (QED) is 0.652. The maximum atomic E-state index is 10.9. The van der Waals surface area contributed by atoms with Crippen LogP contribution in [0.1, 0.15) is 21.5 Å². The van der Waals surface area contributed by atoms with Gasteiger partial charge in [-0.25, -0.2) is 0 Å². The van der Waals surface area contributed by atoms with Crippen LogP contribution in [-0.2, 0) is 13.0 Å². The number of hydrogen-bond acceptors (Lipinski definition) is 2. The fraction of sp³-hybridized carbons (Fsp3) is 0.300. The molecule has 1 aromatic carbocycles. The average molecular weight is 176 g/mol. The molecule has 0 saturated carbocycles. The lowest BCUT2D eigenvalue weighted by Crippen LogP contribution is -2.24. The van der Waals surface area contributed by atoms with Gasteiger partial charge in [0.2, 0.25) is 5.91 Å². The second-order valence-electron chi connectivity index (χ2n) is 3.27. The highest BCUT2D eigenvalue weighted by Crippen LogP contribution is 2.15. The Morgan fingerprint density at radius 3 is 3.00 bits per heavy atom. The van der Waals surface area contributed by atoms with Gasteiger partial charge in [0.15, 0.2) is 0 Å². The van der Waals surface area contributed by atoms with Gasteiger partial charge in [-0.2, -0.15) is 0 Å². The third kappa shape index (κ3) is 1.55. The average Bonchev–Trinajstić information content (AvgIpc) is 2.17. The lowest BCUT2D eigenvalue weighted by Gasteiger charge is -2.17. The second kappa shape index (κ2) is 3.18. The molecule has 3 nitrogen and oxygen atoms in total. The standard InChI is InChI=1S/C10H12N2O/c11-10(13)8-1-2-9-6-12-4-3-7(9)5-8/h1-2,5,12H,3-4,6H2,(H2,11,13). The molecule has 1 amide bonds. The molecular formula is C10H12N2O. The van der Waals surface area contributed by atoms with Gasteiger partial charge in [0, 0.05) is 12.1 Å². The molecule has 1 aromatic rings. The Morgan fingerprint density at radius 2 is 2.23 bits per heavy atom. The van der Waals surface area contributed by atoms with Crippen molar-refractivity contribution in [2.75, 3.05) is 6.54 Å². The molecule has 0 aromatic heterocycles. The van der Waals surface area contributed by atoms with Crippen molar-refractivity contribution in [2.45, 2.75) is 13.0 Å². The number of hydrogen-bond donors (Lipinski definition) is 2. The van der Waals surface area contributed by atoms with E-state index in [4.69, 9.17) is 5.73 Å². The summed E-state index contributed by atoms with van der Waals surface area (Å²) in [5.41, 5.74) is 8.32. The van der Waals surface area contributed by atoms with Crippen LogP contribution in [0.15, 0.2) is 18.2 Å². The van der Waals surface area contributed by atoms with Gasteiger partial charge in [0.05, 0.1) is 0 Å². The second-order valence-corrected chi connectivity index (χ2v) is 3.27. The molecule has 0 bridgehead atoms. The van der Waals surface area contributed by atoms with Crippen LogP contribution in [0, 0.1) is 0 Å². The molecule has 1 heterocycles. The van der Waals surface area contributed by atoms with Gasteiger partial charge >= 0.3 is 0 Å². The first-order valence-corrected chi connectivity index (χ1v) is 4.40. The number of nitrogens with two attached hydrogens (primary N) is 1. The molecule has 0 fully saturated rings. The summed E-state index contributed by atoms with van der Waals surface area (Å²) in [6.45, 7) is 1.88. The third-order valence-electron chi connectivity index (χ3n) is 2.38. The first kappa shape index (κ1) is 8.26. The topological polar surface area (TPSA) is 55.1 Å². The summed E-state index contributed by atoms with van der Waals surface area (Å²) < 4.78 is 0. The summed E-state index contributed by atoms with van der Waals surface area (Å²) >= 11 is 0. The van der Waals surface area contributed by atoms with Gasteiger partial charge in [-0.05, 0) is 36.2 Å². The van der Waals surface area contributed by atoms with Crippen LogP contribution in [0.3, 0.4) is 0 Å². The zero-order chi connectivity index (χ0) is 9.26. The highest BCUT2D eigenvalue weighted by atomic mass is 16.1. The molecule has 0 saturated heterocycles. The number of nitrogens with one attached hydrogen (secondary N) is 1. The van der Waals surface area contributed by atoms with Crippen molar-refractivity contribution < 1.29 is 4.79 Å². The molecule has 1 aliphatic rings. The van der Waals surface area contributed by atoms with Crippen LogP contribution < -0.4 is 11.1 Å². The Hall–Kier alpha value is -1.35. The van der Waals surface area contributed by atoms with Crippen LogP contribution in [0.25, 0.3) is 0 Å². The molecule has 0 unspecified atom stereocenters. The minimum absolute atomic E-state index is 0.346. The molecule has 3 N–H and O–H groups in total. The molecule has 0 aliphatic carbocycles. The first-order chi connectivity index (χ1) is 6.27. The number of primary amides is 1. The first-order valence-electron chi connectivity index (χ1n) is 4.40. The predicted molar refractivity (Wildman–Crippen MR) is 50.4 cm³/mol. The normalized spacial score (nSPS) is 15.1. The van der Waals surface area contributed by atoms with Gasteiger partial charge in [-0.3, -0.25) is 4.79 Å². The van der Waals surface area contributed by atoms with Crippen LogP contribution in [-0.4, -0.2) is 12.5 Å². The number of benzene rings is 1. The summed E-state index contributed by atoms with van der Waals surface area (Å²) in [4.78, 5) is 10.9. The van der Waals surface area contributed by atoms with Gasteiger partial charge in [0.25, 0.3) is 0 Å². The van der Waals surface area contributed by atoms with E-state index in [0.717, 1.165) is 19.5 Å². The summed E-state index contributed by atoms with van der Waals surface area (Å²) in [7, 11) is 0. The van der Waals surface area contributed by atoms with Crippen LogP contribution >= 0.6 is 0 Å². The van der Waals surface area contributed by atoms with Crippen molar-refractivity contribution >= 4 is 5.91 Å². The molecule has 0 atom stereocenters. The van der Waals surface area contributed by atoms with Crippen molar-refractivity contribution in [3.8, 4) is 0 Å². The van der Waals surface area contributed by atoms with E-state index < -0.39 is 0 Å². The minimum atomic E-state index is -0.346. The van der Waals surface area contributed by atoms with Gasteiger partial charge < -0.3 is 11.1 Å². The van der Waals surface area contributed by atoms with E-state index >= 15 is 0 Å². The summed E-state index contributed by atoms with van der Waals surface area (Å²) in [5.74, 6) is -0.346. The minimum Gasteiger partial charge on any atom is -0.366 e. The molecule has 13 heavy (non-hydrogen) atoms. The third-order valence-corrected chi connectivity index (χ3v) is 2.38. The maximum Gasteiger partial charge on any atom is 0.248 e. The number of carbonyl (C=O) groups excluding carboxylic acids is 1. The van der Waals surface area contributed by atoms with Gasteiger partial charge in [0.1, 0.15) is 0 Å².